The summed E-state index contributed by atoms with van der Waals surface area (Å²) in [5.74, 6) is 0.567. The van der Waals surface area contributed by atoms with E-state index in [9.17, 15) is 0 Å². The predicted octanol–water partition coefficient (Wildman–Crippen LogP) is 1.89. The standard InChI is InChI=1S/C10H18ClNO/c1-4-5-12-7-9(6-11)13-10(2,3)8-12/h4,9H,1,5-8H2,2-3H3. The third-order valence-corrected chi connectivity index (χ3v) is 2.46. The van der Waals surface area contributed by atoms with Gasteiger partial charge in [-0.2, -0.15) is 0 Å². The number of hydrogen-bond donors (Lipinski definition) is 0. The van der Waals surface area contributed by atoms with Crippen LogP contribution in [-0.2, 0) is 4.74 Å². The Hall–Kier alpha value is -0.0500. The number of nitrogens with zero attached hydrogens (tertiary/aromatic N) is 1. The van der Waals surface area contributed by atoms with Gasteiger partial charge in [-0.15, -0.1) is 18.2 Å². The second-order valence-corrected chi connectivity index (χ2v) is 4.45. The Morgan fingerprint density at radius 1 is 1.69 bits per heavy atom. The van der Waals surface area contributed by atoms with Gasteiger partial charge in [0.2, 0.25) is 0 Å². The van der Waals surface area contributed by atoms with Gasteiger partial charge in [-0.25, -0.2) is 0 Å². The van der Waals surface area contributed by atoms with Crippen molar-refractivity contribution < 1.29 is 4.74 Å². The third kappa shape index (κ3) is 3.29. The maximum absolute atomic E-state index is 5.80. The van der Waals surface area contributed by atoms with Crippen LogP contribution >= 0.6 is 11.6 Å². The molecule has 1 saturated heterocycles. The minimum Gasteiger partial charge on any atom is -0.368 e. The van der Waals surface area contributed by atoms with E-state index in [1.54, 1.807) is 0 Å². The largest absolute Gasteiger partial charge is 0.368 e. The summed E-state index contributed by atoms with van der Waals surface area (Å²) in [6, 6.07) is 0. The lowest BCUT2D eigenvalue weighted by Gasteiger charge is -2.41. The molecule has 0 amide bonds. The Bertz CT molecular complexity index is 182. The van der Waals surface area contributed by atoms with Crippen molar-refractivity contribution in [1.29, 1.82) is 0 Å². The van der Waals surface area contributed by atoms with Gasteiger partial charge in [0.25, 0.3) is 0 Å². The number of hydrogen-bond acceptors (Lipinski definition) is 2. The van der Waals surface area contributed by atoms with Crippen molar-refractivity contribution in [1.82, 2.24) is 4.90 Å². The molecule has 1 fully saturated rings. The first-order chi connectivity index (χ1) is 6.07. The van der Waals surface area contributed by atoms with Crippen molar-refractivity contribution in [3.8, 4) is 0 Å². The van der Waals surface area contributed by atoms with Gasteiger partial charge in [-0.1, -0.05) is 6.08 Å². The molecule has 0 aromatic carbocycles. The van der Waals surface area contributed by atoms with Gasteiger partial charge in [-0.05, 0) is 13.8 Å². The maximum atomic E-state index is 5.80. The number of halogens is 1. The quantitative estimate of drug-likeness (QED) is 0.513. The van der Waals surface area contributed by atoms with E-state index < -0.39 is 0 Å². The monoisotopic (exact) mass is 203 g/mol. The van der Waals surface area contributed by atoms with E-state index in [2.05, 4.69) is 25.3 Å². The van der Waals surface area contributed by atoms with E-state index in [0.29, 0.717) is 5.88 Å². The van der Waals surface area contributed by atoms with Crippen molar-refractivity contribution >= 4 is 11.6 Å². The van der Waals surface area contributed by atoms with Gasteiger partial charge < -0.3 is 4.74 Å². The molecule has 2 nitrogen and oxygen atoms in total. The van der Waals surface area contributed by atoms with Crippen LogP contribution in [0.1, 0.15) is 13.8 Å². The lowest BCUT2D eigenvalue weighted by atomic mass is 10.1. The fourth-order valence-electron chi connectivity index (χ4n) is 1.82. The Balaban J connectivity index is 2.54. The van der Waals surface area contributed by atoms with E-state index in [-0.39, 0.29) is 11.7 Å². The van der Waals surface area contributed by atoms with E-state index >= 15 is 0 Å². The molecule has 0 saturated carbocycles. The summed E-state index contributed by atoms with van der Waals surface area (Å²) in [4.78, 5) is 2.32. The highest BCUT2D eigenvalue weighted by Gasteiger charge is 2.32. The smallest absolute Gasteiger partial charge is 0.0845 e. The van der Waals surface area contributed by atoms with Gasteiger partial charge in [0.05, 0.1) is 11.7 Å². The van der Waals surface area contributed by atoms with E-state index in [4.69, 9.17) is 16.3 Å². The summed E-state index contributed by atoms with van der Waals surface area (Å²) >= 11 is 5.80. The topological polar surface area (TPSA) is 12.5 Å². The highest BCUT2D eigenvalue weighted by molar-refractivity contribution is 6.18. The highest BCUT2D eigenvalue weighted by Crippen LogP contribution is 2.21. The Morgan fingerprint density at radius 2 is 2.38 bits per heavy atom. The van der Waals surface area contributed by atoms with Crippen molar-refractivity contribution in [3.05, 3.63) is 12.7 Å². The molecule has 13 heavy (non-hydrogen) atoms. The molecule has 0 aromatic heterocycles. The Labute approximate surface area is 85.5 Å². The van der Waals surface area contributed by atoms with Crippen LogP contribution in [-0.4, -0.2) is 42.1 Å². The molecule has 76 valence electrons. The summed E-state index contributed by atoms with van der Waals surface area (Å²) in [6.45, 7) is 10.7. The first kappa shape index (κ1) is 11.0. The van der Waals surface area contributed by atoms with Crippen LogP contribution in [0.2, 0.25) is 0 Å². The zero-order valence-electron chi connectivity index (χ0n) is 8.42. The van der Waals surface area contributed by atoms with Crippen LogP contribution in [0.3, 0.4) is 0 Å². The molecule has 1 rings (SSSR count). The molecule has 1 heterocycles. The number of rotatable bonds is 3. The normalized spacial score (nSPS) is 28.7. The molecule has 0 N–H and O–H groups in total. The van der Waals surface area contributed by atoms with Crippen molar-refractivity contribution in [3.63, 3.8) is 0 Å². The average Bonchev–Trinajstić information content (AvgIpc) is 2.02. The molecular weight excluding hydrogens is 186 g/mol. The molecule has 0 radical (unpaired) electrons. The number of alkyl halides is 1. The summed E-state index contributed by atoms with van der Waals surface area (Å²) in [5.41, 5.74) is -0.0825. The lowest BCUT2D eigenvalue weighted by molar-refractivity contribution is -0.124. The van der Waals surface area contributed by atoms with E-state index in [1.807, 2.05) is 6.08 Å². The minimum absolute atomic E-state index is 0.0825. The summed E-state index contributed by atoms with van der Waals surface area (Å²) < 4.78 is 5.79. The summed E-state index contributed by atoms with van der Waals surface area (Å²) in [5, 5.41) is 0. The van der Waals surface area contributed by atoms with E-state index in [0.717, 1.165) is 19.6 Å². The summed E-state index contributed by atoms with van der Waals surface area (Å²) in [6.07, 6.45) is 2.08. The first-order valence-corrected chi connectivity index (χ1v) is 5.18. The van der Waals surface area contributed by atoms with Gasteiger partial charge in [0, 0.05) is 25.5 Å². The number of ether oxygens (including phenoxy) is 1. The summed E-state index contributed by atoms with van der Waals surface area (Å²) in [7, 11) is 0. The van der Waals surface area contributed by atoms with Crippen molar-refractivity contribution in [2.45, 2.75) is 25.6 Å². The van der Waals surface area contributed by atoms with Crippen LogP contribution in [0.15, 0.2) is 12.7 Å². The van der Waals surface area contributed by atoms with Crippen LogP contribution in [0.4, 0.5) is 0 Å². The van der Waals surface area contributed by atoms with Gasteiger partial charge in [0.1, 0.15) is 0 Å². The van der Waals surface area contributed by atoms with Crippen LogP contribution in [0.25, 0.3) is 0 Å². The molecule has 0 aliphatic carbocycles. The molecule has 1 atom stereocenters. The van der Waals surface area contributed by atoms with Crippen molar-refractivity contribution in [2.24, 2.45) is 0 Å². The maximum Gasteiger partial charge on any atom is 0.0845 e. The Kier molecular flexibility index (Phi) is 3.77. The van der Waals surface area contributed by atoms with Gasteiger partial charge >= 0.3 is 0 Å². The lowest BCUT2D eigenvalue weighted by Crippen LogP contribution is -2.53. The molecular formula is C10H18ClNO. The van der Waals surface area contributed by atoms with Crippen LogP contribution in [0.5, 0.6) is 0 Å². The van der Waals surface area contributed by atoms with Crippen molar-refractivity contribution in [2.75, 3.05) is 25.5 Å². The highest BCUT2D eigenvalue weighted by atomic mass is 35.5. The molecule has 0 spiro atoms. The fraction of sp³-hybridized carbons (Fsp3) is 0.800. The SMILES string of the molecule is C=CCN1CC(CCl)OC(C)(C)C1. The molecule has 1 aliphatic heterocycles. The fourth-order valence-corrected chi connectivity index (χ4v) is 1.98. The number of morpholine rings is 1. The molecule has 0 aromatic rings. The second-order valence-electron chi connectivity index (χ2n) is 4.14. The van der Waals surface area contributed by atoms with Gasteiger partial charge in [-0.3, -0.25) is 4.90 Å². The zero-order chi connectivity index (χ0) is 9.90. The third-order valence-electron chi connectivity index (χ3n) is 2.11. The Morgan fingerprint density at radius 3 is 2.92 bits per heavy atom. The minimum atomic E-state index is -0.0825. The molecule has 3 heteroatoms. The predicted molar refractivity (Wildman–Crippen MR) is 56.3 cm³/mol. The van der Waals surface area contributed by atoms with Crippen LogP contribution in [0, 0.1) is 0 Å². The van der Waals surface area contributed by atoms with Crippen LogP contribution < -0.4 is 0 Å². The van der Waals surface area contributed by atoms with Gasteiger partial charge in [0.15, 0.2) is 0 Å². The first-order valence-electron chi connectivity index (χ1n) is 4.64. The second kappa shape index (κ2) is 4.45. The average molecular weight is 204 g/mol. The molecule has 0 bridgehead atoms. The molecule has 1 aliphatic rings. The van der Waals surface area contributed by atoms with E-state index in [1.165, 1.54) is 0 Å². The molecule has 1 unspecified atom stereocenters. The zero-order valence-corrected chi connectivity index (χ0v) is 9.18.